The maximum Gasteiger partial charge on any atom is 0.107 e. The highest BCUT2D eigenvalue weighted by atomic mass is 35.5. The molecule has 3 heteroatoms. The van der Waals surface area contributed by atoms with E-state index in [1.165, 1.54) is 32.1 Å². The molecule has 1 heterocycles. The summed E-state index contributed by atoms with van der Waals surface area (Å²) < 4.78 is 0. The van der Waals surface area contributed by atoms with Crippen LogP contribution in [0.1, 0.15) is 44.9 Å². The number of nitrogens with one attached hydrogen (secondary N) is 1. The molecule has 1 aliphatic carbocycles. The molecule has 1 N–H and O–H groups in total. The van der Waals surface area contributed by atoms with Crippen molar-refractivity contribution in [1.82, 2.24) is 9.97 Å². The third-order valence-corrected chi connectivity index (χ3v) is 4.51. The fourth-order valence-corrected chi connectivity index (χ4v) is 3.28. The van der Waals surface area contributed by atoms with E-state index >= 15 is 0 Å². The Morgan fingerprint density at radius 3 is 2.80 bits per heavy atom. The molecule has 1 unspecified atom stereocenters. The van der Waals surface area contributed by atoms with Gasteiger partial charge >= 0.3 is 0 Å². The minimum Gasteiger partial charge on any atom is -0.349 e. The van der Waals surface area contributed by atoms with E-state index in [2.05, 4.69) is 16.9 Å². The van der Waals surface area contributed by atoms with Crippen molar-refractivity contribution in [3.8, 4) is 0 Å². The van der Waals surface area contributed by atoms with Gasteiger partial charge in [-0.1, -0.05) is 19.8 Å². The van der Waals surface area contributed by atoms with Crippen molar-refractivity contribution in [1.29, 1.82) is 0 Å². The summed E-state index contributed by atoms with van der Waals surface area (Å²) in [5.74, 6) is 1.02. The molecule has 2 nitrogen and oxygen atoms in total. The summed E-state index contributed by atoms with van der Waals surface area (Å²) in [5, 5.41) is 0.233. The third-order valence-electron chi connectivity index (χ3n) is 3.90. The highest BCUT2D eigenvalue weighted by Gasteiger charge is 2.38. The Morgan fingerprint density at radius 1 is 1.53 bits per heavy atom. The summed E-state index contributed by atoms with van der Waals surface area (Å²) in [7, 11) is 0. The van der Waals surface area contributed by atoms with Crippen LogP contribution in [0.4, 0.5) is 0 Å². The van der Waals surface area contributed by atoms with Crippen LogP contribution < -0.4 is 0 Å². The van der Waals surface area contributed by atoms with E-state index in [4.69, 9.17) is 11.6 Å². The molecule has 1 aliphatic rings. The Balaban J connectivity index is 2.02. The minimum atomic E-state index is 0.233. The SMILES string of the molecule is CCC1(C(Cl)Cc2ncc[nH]2)CCCC1. The Bertz CT molecular complexity index is 289. The van der Waals surface area contributed by atoms with E-state index in [0.717, 1.165) is 12.2 Å². The first-order valence-electron chi connectivity index (χ1n) is 5.89. The highest BCUT2D eigenvalue weighted by Crippen LogP contribution is 2.46. The van der Waals surface area contributed by atoms with Crippen molar-refractivity contribution in [3.05, 3.63) is 18.2 Å². The number of hydrogen-bond donors (Lipinski definition) is 1. The van der Waals surface area contributed by atoms with Crippen molar-refractivity contribution in [2.24, 2.45) is 5.41 Å². The lowest BCUT2D eigenvalue weighted by Crippen LogP contribution is -2.29. The van der Waals surface area contributed by atoms with E-state index in [1.54, 1.807) is 6.20 Å². The van der Waals surface area contributed by atoms with Crippen LogP contribution in [0.5, 0.6) is 0 Å². The van der Waals surface area contributed by atoms with Crippen LogP contribution in [-0.4, -0.2) is 15.3 Å². The van der Waals surface area contributed by atoms with Crippen LogP contribution in [0.2, 0.25) is 0 Å². The first kappa shape index (κ1) is 11.0. The van der Waals surface area contributed by atoms with E-state index in [0.29, 0.717) is 5.41 Å². The number of H-pyrrole nitrogens is 1. The summed E-state index contributed by atoms with van der Waals surface area (Å²) in [5.41, 5.74) is 0.369. The Hall–Kier alpha value is -0.500. The number of aromatic nitrogens is 2. The van der Waals surface area contributed by atoms with Gasteiger partial charge in [-0.25, -0.2) is 4.98 Å². The number of imidazole rings is 1. The number of rotatable bonds is 4. The predicted octanol–water partition coefficient (Wildman–Crippen LogP) is 3.53. The normalized spacial score (nSPS) is 21.7. The standard InChI is InChI=1S/C12H19ClN2/c1-2-12(5-3-4-6-12)10(13)9-11-14-7-8-15-11/h7-8,10H,2-6,9H2,1H3,(H,14,15). The number of nitrogens with zero attached hydrogens (tertiary/aromatic N) is 1. The largest absolute Gasteiger partial charge is 0.349 e. The molecule has 0 amide bonds. The average Bonchev–Trinajstić information content (AvgIpc) is 2.87. The molecule has 2 rings (SSSR count). The quantitative estimate of drug-likeness (QED) is 0.782. The van der Waals surface area contributed by atoms with E-state index in [9.17, 15) is 0 Å². The lowest BCUT2D eigenvalue weighted by molar-refractivity contribution is 0.265. The average molecular weight is 227 g/mol. The van der Waals surface area contributed by atoms with Crippen LogP contribution in [0.3, 0.4) is 0 Å². The zero-order valence-corrected chi connectivity index (χ0v) is 10.1. The van der Waals surface area contributed by atoms with Gasteiger partial charge in [0.05, 0.1) is 0 Å². The molecule has 0 bridgehead atoms. The number of aromatic amines is 1. The topological polar surface area (TPSA) is 28.7 Å². The van der Waals surface area contributed by atoms with Gasteiger partial charge in [0, 0.05) is 24.2 Å². The van der Waals surface area contributed by atoms with Crippen molar-refractivity contribution >= 4 is 11.6 Å². The maximum atomic E-state index is 6.58. The van der Waals surface area contributed by atoms with Gasteiger partial charge < -0.3 is 4.98 Å². The van der Waals surface area contributed by atoms with Crippen molar-refractivity contribution in [3.63, 3.8) is 0 Å². The Morgan fingerprint density at radius 2 is 2.27 bits per heavy atom. The Kier molecular flexibility index (Phi) is 3.35. The van der Waals surface area contributed by atoms with Crippen molar-refractivity contribution in [2.75, 3.05) is 0 Å². The number of halogens is 1. The predicted molar refractivity (Wildman–Crippen MR) is 63.1 cm³/mol. The van der Waals surface area contributed by atoms with Gasteiger partial charge in [-0.3, -0.25) is 0 Å². The number of hydrogen-bond acceptors (Lipinski definition) is 1. The minimum absolute atomic E-state index is 0.233. The molecule has 1 aromatic rings. The summed E-state index contributed by atoms with van der Waals surface area (Å²) in [6.07, 6.45) is 11.0. The van der Waals surface area contributed by atoms with Crippen LogP contribution >= 0.6 is 11.6 Å². The number of alkyl halides is 1. The van der Waals surface area contributed by atoms with Gasteiger partial charge in [0.1, 0.15) is 5.82 Å². The van der Waals surface area contributed by atoms with Gasteiger partial charge in [-0.15, -0.1) is 11.6 Å². The Labute approximate surface area is 96.4 Å². The fraction of sp³-hybridized carbons (Fsp3) is 0.750. The molecule has 0 aliphatic heterocycles. The van der Waals surface area contributed by atoms with E-state index < -0.39 is 0 Å². The van der Waals surface area contributed by atoms with Gasteiger partial charge in [-0.05, 0) is 24.7 Å². The molecule has 0 spiro atoms. The summed E-state index contributed by atoms with van der Waals surface area (Å²) in [4.78, 5) is 7.39. The zero-order valence-electron chi connectivity index (χ0n) is 9.30. The fourth-order valence-electron chi connectivity index (χ4n) is 2.76. The third kappa shape index (κ3) is 2.20. The molecule has 0 aromatic carbocycles. The van der Waals surface area contributed by atoms with Crippen LogP contribution in [-0.2, 0) is 6.42 Å². The molecular formula is C12H19ClN2. The van der Waals surface area contributed by atoms with Crippen LogP contribution in [0.25, 0.3) is 0 Å². The summed E-state index contributed by atoms with van der Waals surface area (Å²) in [6, 6.07) is 0. The van der Waals surface area contributed by atoms with E-state index in [1.807, 2.05) is 6.20 Å². The van der Waals surface area contributed by atoms with Crippen LogP contribution in [0.15, 0.2) is 12.4 Å². The lowest BCUT2D eigenvalue weighted by Gasteiger charge is -2.32. The molecule has 15 heavy (non-hydrogen) atoms. The smallest absolute Gasteiger partial charge is 0.107 e. The second-order valence-corrected chi connectivity index (χ2v) is 5.16. The van der Waals surface area contributed by atoms with Gasteiger partial charge in [0.15, 0.2) is 0 Å². The molecule has 1 atom stereocenters. The van der Waals surface area contributed by atoms with E-state index in [-0.39, 0.29) is 5.38 Å². The zero-order chi connectivity index (χ0) is 10.7. The van der Waals surface area contributed by atoms with Gasteiger partial charge in [-0.2, -0.15) is 0 Å². The van der Waals surface area contributed by atoms with Crippen LogP contribution in [0, 0.1) is 5.41 Å². The molecule has 1 fully saturated rings. The second-order valence-electron chi connectivity index (χ2n) is 4.63. The van der Waals surface area contributed by atoms with Gasteiger partial charge in [0.2, 0.25) is 0 Å². The van der Waals surface area contributed by atoms with Crippen molar-refractivity contribution < 1.29 is 0 Å². The highest BCUT2D eigenvalue weighted by molar-refractivity contribution is 6.21. The first-order valence-corrected chi connectivity index (χ1v) is 6.33. The molecule has 0 saturated heterocycles. The van der Waals surface area contributed by atoms with Gasteiger partial charge in [0.25, 0.3) is 0 Å². The molecule has 0 radical (unpaired) electrons. The molecular weight excluding hydrogens is 208 g/mol. The molecule has 1 aromatic heterocycles. The molecule has 84 valence electrons. The second kappa shape index (κ2) is 4.56. The lowest BCUT2D eigenvalue weighted by atomic mass is 9.78. The monoisotopic (exact) mass is 226 g/mol. The molecule has 1 saturated carbocycles. The first-order chi connectivity index (χ1) is 7.27. The summed E-state index contributed by atoms with van der Waals surface area (Å²) >= 11 is 6.58. The van der Waals surface area contributed by atoms with Crippen molar-refractivity contribution in [2.45, 2.75) is 50.8 Å². The summed E-state index contributed by atoms with van der Waals surface area (Å²) in [6.45, 7) is 2.27. The maximum absolute atomic E-state index is 6.58.